The first-order valence-electron chi connectivity index (χ1n) is 25.2. The Morgan fingerprint density at radius 2 is 1.45 bits per heavy atom. The molecule has 8 amide bonds. The summed E-state index contributed by atoms with van der Waals surface area (Å²) < 4.78 is 44.6. The minimum Gasteiger partial charge on any atom is -0.493 e. The van der Waals surface area contributed by atoms with Crippen LogP contribution in [0, 0.1) is 5.92 Å². The zero-order valence-corrected chi connectivity index (χ0v) is 43.9. The molecule has 3 heterocycles. The molecular weight excluding hydrogens is 993 g/mol. The van der Waals surface area contributed by atoms with E-state index in [0.717, 1.165) is 10.5 Å². The molecule has 2 saturated heterocycles. The van der Waals surface area contributed by atoms with Crippen molar-refractivity contribution in [3.8, 4) is 11.5 Å². The summed E-state index contributed by atoms with van der Waals surface area (Å²) in [6, 6.07) is 7.31. The van der Waals surface area contributed by atoms with Crippen LogP contribution in [0.5, 0.6) is 11.5 Å². The number of benzene rings is 2. The van der Waals surface area contributed by atoms with E-state index in [9.17, 15) is 38.4 Å². The lowest BCUT2D eigenvalue weighted by atomic mass is 10.0. The van der Waals surface area contributed by atoms with Gasteiger partial charge in [0.25, 0.3) is 17.7 Å². The van der Waals surface area contributed by atoms with Crippen molar-refractivity contribution < 1.29 is 76.3 Å². The third kappa shape index (κ3) is 18.0. The van der Waals surface area contributed by atoms with Crippen molar-refractivity contribution in [3.63, 3.8) is 0 Å². The highest BCUT2D eigenvalue weighted by molar-refractivity contribution is 6.13. The van der Waals surface area contributed by atoms with Gasteiger partial charge in [-0.15, -0.1) is 0 Å². The molecule has 6 N–H and O–H groups in total. The summed E-state index contributed by atoms with van der Waals surface area (Å²) in [7, 11) is 1.47. The zero-order chi connectivity index (χ0) is 55.1. The first kappa shape index (κ1) is 59.8. The molecule has 2 fully saturated rings. The maximum absolute atomic E-state index is 13.9. The van der Waals surface area contributed by atoms with Gasteiger partial charge in [0.15, 0.2) is 17.7 Å². The van der Waals surface area contributed by atoms with E-state index in [2.05, 4.69) is 27.8 Å². The van der Waals surface area contributed by atoms with Crippen LogP contribution in [0.3, 0.4) is 0 Å². The molecule has 24 nitrogen and oxygen atoms in total. The summed E-state index contributed by atoms with van der Waals surface area (Å²) in [5, 5.41) is 10.8. The molecule has 24 heteroatoms. The molecule has 0 radical (unpaired) electrons. The highest BCUT2D eigenvalue weighted by atomic mass is 16.6. The van der Waals surface area contributed by atoms with Crippen LogP contribution in [0.2, 0.25) is 0 Å². The Morgan fingerprint density at radius 1 is 0.803 bits per heavy atom. The predicted octanol–water partition coefficient (Wildman–Crippen LogP) is 1.91. The van der Waals surface area contributed by atoms with Gasteiger partial charge in [-0.1, -0.05) is 38.1 Å². The van der Waals surface area contributed by atoms with Crippen molar-refractivity contribution in [1.82, 2.24) is 30.7 Å². The molecule has 2 aromatic rings. The molecule has 5 rings (SSSR count). The maximum atomic E-state index is 13.9. The monoisotopic (exact) mass is 1060 g/mol. The molecule has 76 heavy (non-hydrogen) atoms. The van der Waals surface area contributed by atoms with Gasteiger partial charge in [-0.05, 0) is 49.9 Å². The van der Waals surface area contributed by atoms with E-state index in [4.69, 9.17) is 43.6 Å². The Labute approximate surface area is 442 Å². The van der Waals surface area contributed by atoms with Gasteiger partial charge in [0.2, 0.25) is 23.6 Å². The van der Waals surface area contributed by atoms with E-state index in [0.29, 0.717) is 62.2 Å². The number of methoxy groups -OCH3 is 1. The third-order valence-electron chi connectivity index (χ3n) is 12.1. The standard InChI is InChI=1S/C52H72N8O16/c1-7-74-42-30-39(53)38(29-41(42)69-6)50(67)60-31-34(4)28-40(60)51-59(18-21-75-51)52(68)76-32-36-8-10-37(11-9-36)56-48(65)35(5)55-49(66)47(33(2)3)57-44(62)15-19-70-22-24-72-26-27-73-25-23-71-20-16-54-43(61)14-17-58-45(63)12-13-46(58)64/h8-13,29-30,33,35,40,47,51H,4,7,14-28,31-32,53H2,1-3,5-6H3,(H,54,61)(H,55,66)(H,56,65)(H,57,62)/t35-,40-,47-,51?/m0/s1. The second-order valence-electron chi connectivity index (χ2n) is 18.2. The normalized spacial score (nSPS) is 17.0. The quantitative estimate of drug-likeness (QED) is 0.0312. The Morgan fingerprint density at radius 3 is 2.08 bits per heavy atom. The largest absolute Gasteiger partial charge is 0.493 e. The van der Waals surface area contributed by atoms with E-state index in [-0.39, 0.29) is 108 Å². The van der Waals surface area contributed by atoms with Gasteiger partial charge in [-0.2, -0.15) is 0 Å². The molecule has 4 atom stereocenters. The highest BCUT2D eigenvalue weighted by Gasteiger charge is 2.45. The van der Waals surface area contributed by atoms with Crippen LogP contribution < -0.4 is 36.5 Å². The minimum atomic E-state index is -0.959. The maximum Gasteiger partial charge on any atom is 0.412 e. The Kier molecular flexibility index (Phi) is 23.9. The van der Waals surface area contributed by atoms with Gasteiger partial charge >= 0.3 is 6.09 Å². The lowest BCUT2D eigenvalue weighted by Crippen LogP contribution is -2.53. The molecule has 2 aromatic carbocycles. The van der Waals surface area contributed by atoms with Crippen molar-refractivity contribution in [2.24, 2.45) is 5.92 Å². The van der Waals surface area contributed by atoms with Crippen LogP contribution in [0.15, 0.2) is 60.7 Å². The number of amides is 8. The van der Waals surface area contributed by atoms with E-state index in [1.807, 2.05) is 6.92 Å². The average molecular weight is 1070 g/mol. The summed E-state index contributed by atoms with van der Waals surface area (Å²) in [5.41, 5.74) is 8.60. The van der Waals surface area contributed by atoms with Crippen LogP contribution >= 0.6 is 0 Å². The minimum absolute atomic E-state index is 0.00308. The lowest BCUT2D eigenvalue weighted by Gasteiger charge is -2.33. The number of nitrogens with two attached hydrogens (primary N) is 1. The average Bonchev–Trinajstić information content (AvgIpc) is 4.13. The number of carbonyl (C=O) groups excluding carboxylic acids is 8. The van der Waals surface area contributed by atoms with Crippen LogP contribution in [-0.2, 0) is 63.8 Å². The number of hydrogen-bond donors (Lipinski definition) is 5. The molecule has 0 aliphatic carbocycles. The van der Waals surface area contributed by atoms with Crippen molar-refractivity contribution in [2.45, 2.75) is 77.9 Å². The van der Waals surface area contributed by atoms with E-state index < -0.39 is 60.0 Å². The Bertz CT molecular complexity index is 2360. The van der Waals surface area contributed by atoms with E-state index >= 15 is 0 Å². The van der Waals surface area contributed by atoms with Gasteiger partial charge in [0.1, 0.15) is 18.7 Å². The van der Waals surface area contributed by atoms with Crippen molar-refractivity contribution >= 4 is 58.8 Å². The number of anilines is 2. The highest BCUT2D eigenvalue weighted by Crippen LogP contribution is 2.36. The summed E-state index contributed by atoms with van der Waals surface area (Å²) in [6.45, 7) is 14.5. The molecule has 416 valence electrons. The van der Waals surface area contributed by atoms with E-state index in [1.165, 1.54) is 31.1 Å². The fourth-order valence-corrected chi connectivity index (χ4v) is 8.11. The number of likely N-dealkylation sites (tertiary alicyclic amines) is 1. The summed E-state index contributed by atoms with van der Waals surface area (Å²) >= 11 is 0. The summed E-state index contributed by atoms with van der Waals surface area (Å²) in [4.78, 5) is 106. The van der Waals surface area contributed by atoms with E-state index in [1.54, 1.807) is 55.1 Å². The topological polar surface area (TPSA) is 294 Å². The molecule has 0 spiro atoms. The predicted molar refractivity (Wildman–Crippen MR) is 275 cm³/mol. The SMILES string of the molecule is C=C1C[C@@H](C2OCCN2C(=O)OCc2ccc(NC(=O)[C@H](C)NC(=O)[C@@H](NC(=O)CCOCCOCCOCCOCCNC(=O)CCN3C(=O)C=CC3=O)C(C)C)cc2)N(C(=O)c2cc(OC)c(OCC)cc2N)C1. The van der Waals surface area contributed by atoms with Gasteiger partial charge in [-0.25, -0.2) is 4.79 Å². The van der Waals surface area contributed by atoms with Gasteiger partial charge in [-0.3, -0.25) is 43.4 Å². The molecule has 3 aliphatic rings. The second kappa shape index (κ2) is 30.4. The first-order chi connectivity index (χ1) is 36.5. The lowest BCUT2D eigenvalue weighted by molar-refractivity contribution is -0.137. The first-order valence-corrected chi connectivity index (χ1v) is 25.2. The molecule has 1 unspecified atom stereocenters. The van der Waals surface area contributed by atoms with Crippen LogP contribution in [0.1, 0.15) is 62.9 Å². The smallest absolute Gasteiger partial charge is 0.412 e. The number of nitrogens with one attached hydrogen (secondary N) is 4. The van der Waals surface area contributed by atoms with Crippen LogP contribution in [0.4, 0.5) is 16.2 Å². The molecule has 0 saturated carbocycles. The van der Waals surface area contributed by atoms with Crippen LogP contribution in [-0.4, -0.2) is 186 Å². The number of nitrogen functional groups attached to an aromatic ring is 1. The molecular formula is C52H72N8O16. The fourth-order valence-electron chi connectivity index (χ4n) is 8.11. The molecule has 0 bridgehead atoms. The summed E-state index contributed by atoms with van der Waals surface area (Å²) in [5.74, 6) is -2.47. The van der Waals surface area contributed by atoms with Crippen LogP contribution in [0.25, 0.3) is 0 Å². The summed E-state index contributed by atoms with van der Waals surface area (Å²) in [6.07, 6.45) is 1.33. The molecule has 0 aromatic heterocycles. The Hall–Kier alpha value is -7.12. The van der Waals surface area contributed by atoms with Gasteiger partial charge in [0.05, 0.1) is 91.3 Å². The van der Waals surface area contributed by atoms with Crippen molar-refractivity contribution in [2.75, 3.05) is 110 Å². The fraction of sp³-hybridized carbons (Fsp3) is 0.538. The van der Waals surface area contributed by atoms with Crippen molar-refractivity contribution in [1.29, 1.82) is 0 Å². The van der Waals surface area contributed by atoms with Crippen molar-refractivity contribution in [3.05, 3.63) is 71.8 Å². The molecule has 3 aliphatic heterocycles. The number of carbonyl (C=O) groups is 8. The number of ether oxygens (including phenoxy) is 8. The number of imide groups is 1. The second-order valence-corrected chi connectivity index (χ2v) is 18.2. The Balaban J connectivity index is 0.924. The van der Waals surface area contributed by atoms with Gasteiger partial charge < -0.3 is 69.8 Å². The number of hydrogen-bond acceptors (Lipinski definition) is 17. The third-order valence-corrected chi connectivity index (χ3v) is 12.1. The number of nitrogens with zero attached hydrogens (tertiary/aromatic N) is 3. The number of rotatable bonds is 31. The van der Waals surface area contributed by atoms with Gasteiger partial charge in [0, 0.05) is 62.1 Å². The zero-order valence-electron chi connectivity index (χ0n) is 43.9.